The van der Waals surface area contributed by atoms with Gasteiger partial charge in [-0.15, -0.1) is 0 Å². The number of piperidine rings is 1. The number of esters is 1. The van der Waals surface area contributed by atoms with Crippen molar-refractivity contribution < 1.29 is 33.4 Å². The van der Waals surface area contributed by atoms with E-state index in [2.05, 4.69) is 20.8 Å². The number of unbranched alkanes of at least 4 members (excludes halogenated alkanes) is 5. The molecule has 242 valence electrons. The molecular formula is C33H53N3O7. The van der Waals surface area contributed by atoms with Crippen molar-refractivity contribution in [2.24, 2.45) is 23.2 Å². The number of fused-ring (bicyclic) bond motifs is 1. The Morgan fingerprint density at radius 1 is 1.00 bits per heavy atom. The zero-order valence-electron chi connectivity index (χ0n) is 27.0. The fourth-order valence-corrected chi connectivity index (χ4v) is 7.02. The minimum atomic E-state index is -1.12. The molecule has 4 aliphatic rings. The molecule has 4 atom stereocenters. The molecule has 3 amide bonds. The number of carbonyl (C=O) groups is 4. The summed E-state index contributed by atoms with van der Waals surface area (Å²) in [5, 5.41) is 0. The summed E-state index contributed by atoms with van der Waals surface area (Å²) in [6.07, 6.45) is 9.71. The summed E-state index contributed by atoms with van der Waals surface area (Å²) >= 11 is 0. The zero-order valence-corrected chi connectivity index (χ0v) is 27.0. The number of hydrogen-bond acceptors (Lipinski definition) is 7. The lowest BCUT2D eigenvalue weighted by molar-refractivity contribution is -0.182. The van der Waals surface area contributed by atoms with Crippen molar-refractivity contribution in [3.63, 3.8) is 0 Å². The van der Waals surface area contributed by atoms with Crippen molar-refractivity contribution in [1.29, 1.82) is 0 Å². The minimum absolute atomic E-state index is 0.0161. The lowest BCUT2D eigenvalue weighted by Gasteiger charge is -2.53. The van der Waals surface area contributed by atoms with E-state index in [4.69, 9.17) is 14.2 Å². The van der Waals surface area contributed by atoms with Crippen LogP contribution in [0.2, 0.25) is 0 Å². The average Bonchev–Trinajstić information content (AvgIpc) is 3.85. The highest BCUT2D eigenvalue weighted by Crippen LogP contribution is 2.56. The molecule has 3 heterocycles. The number of hydrogen-bond donors (Lipinski definition) is 0. The number of piperazine rings is 1. The Bertz CT molecular complexity index is 1030. The minimum Gasteiger partial charge on any atom is -0.468 e. The molecular weight excluding hydrogens is 550 g/mol. The van der Waals surface area contributed by atoms with E-state index in [1.54, 1.807) is 16.7 Å². The second-order valence-electron chi connectivity index (χ2n) is 13.0. The lowest BCUT2D eigenvalue weighted by Crippen LogP contribution is -2.62. The van der Waals surface area contributed by atoms with E-state index in [9.17, 15) is 19.2 Å². The molecule has 0 aromatic heterocycles. The van der Waals surface area contributed by atoms with Gasteiger partial charge in [-0.2, -0.15) is 0 Å². The van der Waals surface area contributed by atoms with Gasteiger partial charge in [0.25, 0.3) is 0 Å². The summed E-state index contributed by atoms with van der Waals surface area (Å²) in [6.45, 7) is 10.5. The monoisotopic (exact) mass is 603 g/mol. The Morgan fingerprint density at radius 3 is 2.26 bits per heavy atom. The smallest absolute Gasteiger partial charge is 0.409 e. The van der Waals surface area contributed by atoms with Crippen LogP contribution in [0.5, 0.6) is 0 Å². The maximum Gasteiger partial charge on any atom is 0.409 e. The molecule has 1 saturated carbocycles. The molecule has 3 fully saturated rings. The van der Waals surface area contributed by atoms with Crippen molar-refractivity contribution in [1.82, 2.24) is 14.7 Å². The Balaban J connectivity index is 1.59. The number of ether oxygens (including phenoxy) is 3. The number of nitrogens with zero attached hydrogens (tertiary/aromatic N) is 3. The van der Waals surface area contributed by atoms with Gasteiger partial charge in [0, 0.05) is 50.8 Å². The van der Waals surface area contributed by atoms with Crippen molar-refractivity contribution in [2.45, 2.75) is 104 Å². The van der Waals surface area contributed by atoms with E-state index >= 15 is 0 Å². The van der Waals surface area contributed by atoms with Crippen LogP contribution in [0.3, 0.4) is 0 Å². The van der Waals surface area contributed by atoms with E-state index in [0.717, 1.165) is 37.8 Å². The second-order valence-corrected chi connectivity index (χ2v) is 13.0. The molecule has 1 aliphatic carbocycles. The van der Waals surface area contributed by atoms with Crippen LogP contribution in [0.25, 0.3) is 0 Å². The van der Waals surface area contributed by atoms with Crippen molar-refractivity contribution in [3.8, 4) is 0 Å². The third kappa shape index (κ3) is 7.37. The summed E-state index contributed by atoms with van der Waals surface area (Å²) in [5.74, 6) is -0.847. The van der Waals surface area contributed by atoms with Crippen molar-refractivity contribution in [2.75, 3.05) is 46.4 Å². The quantitative estimate of drug-likeness (QED) is 0.221. The number of amides is 3. The van der Waals surface area contributed by atoms with Crippen LogP contribution < -0.4 is 0 Å². The van der Waals surface area contributed by atoms with Crippen molar-refractivity contribution >= 4 is 23.9 Å². The number of likely N-dealkylation sites (tertiary alicyclic amines) is 1. The number of rotatable bonds is 13. The van der Waals surface area contributed by atoms with E-state index in [1.165, 1.54) is 26.4 Å². The molecule has 4 rings (SSSR count). The van der Waals surface area contributed by atoms with Crippen LogP contribution in [-0.2, 0) is 28.6 Å². The van der Waals surface area contributed by atoms with E-state index < -0.39 is 17.4 Å². The maximum atomic E-state index is 14.3. The van der Waals surface area contributed by atoms with Crippen LogP contribution in [0.15, 0.2) is 11.8 Å². The molecule has 0 radical (unpaired) electrons. The largest absolute Gasteiger partial charge is 0.468 e. The maximum absolute atomic E-state index is 14.3. The Kier molecular flexibility index (Phi) is 11.5. The first-order valence-electron chi connectivity index (χ1n) is 16.6. The Morgan fingerprint density at radius 2 is 1.65 bits per heavy atom. The van der Waals surface area contributed by atoms with Gasteiger partial charge in [0.15, 0.2) is 0 Å². The molecule has 0 N–H and O–H groups in total. The first-order valence-corrected chi connectivity index (χ1v) is 16.6. The van der Waals surface area contributed by atoms with E-state index in [0.29, 0.717) is 39.3 Å². The summed E-state index contributed by atoms with van der Waals surface area (Å²) in [7, 11) is 1.41. The summed E-state index contributed by atoms with van der Waals surface area (Å²) < 4.78 is 17.3. The SMILES string of the molecule is CCCCCCCCN1C(=O)[C@@H](CC(=O)N2CCN(C(=O)OCC)CC2)C[C@@]2(C(=O)OC)C1=C[C@H](C(C)C)O[C@@H]2C1CC1. The number of carbonyl (C=O) groups excluding carboxylic acids is 4. The molecule has 10 nitrogen and oxygen atoms in total. The van der Waals surface area contributed by atoms with Gasteiger partial charge in [0.1, 0.15) is 5.41 Å². The topological polar surface area (TPSA) is 106 Å². The van der Waals surface area contributed by atoms with Gasteiger partial charge in [-0.3, -0.25) is 14.4 Å². The molecule has 43 heavy (non-hydrogen) atoms. The summed E-state index contributed by atoms with van der Waals surface area (Å²) in [4.78, 5) is 59.1. The van der Waals surface area contributed by atoms with Crippen molar-refractivity contribution in [3.05, 3.63) is 11.8 Å². The van der Waals surface area contributed by atoms with Gasteiger partial charge in [-0.05, 0) is 50.5 Å². The molecule has 0 aromatic rings. The van der Waals surface area contributed by atoms with Gasteiger partial charge in [0.2, 0.25) is 11.8 Å². The van der Waals surface area contributed by atoms with Crippen LogP contribution in [0.1, 0.15) is 91.9 Å². The second kappa shape index (κ2) is 14.9. The Labute approximate surface area is 257 Å². The standard InChI is InChI=1S/C33H53N3O7/c1-6-8-9-10-11-12-15-36-27-21-26(23(3)4)43-29(24-13-14-24)33(27,31(39)41-5)22-25(30(36)38)20-28(37)34-16-18-35(19-17-34)32(40)42-7-2/h21,23-26,29H,6-20,22H2,1-5H3/t25-,26+,29+,33+/m0/s1. The molecule has 0 bridgehead atoms. The fraction of sp³-hybridized carbons (Fsp3) is 0.818. The van der Waals surface area contributed by atoms with Crippen LogP contribution in [0, 0.1) is 23.2 Å². The van der Waals surface area contributed by atoms with E-state index in [-0.39, 0.29) is 54.7 Å². The van der Waals surface area contributed by atoms with E-state index in [1.807, 2.05) is 11.0 Å². The average molecular weight is 604 g/mol. The first kappa shape index (κ1) is 33.3. The van der Waals surface area contributed by atoms with Gasteiger partial charge < -0.3 is 28.9 Å². The highest BCUT2D eigenvalue weighted by atomic mass is 16.6. The summed E-state index contributed by atoms with van der Waals surface area (Å²) in [6, 6.07) is 0. The highest BCUT2D eigenvalue weighted by Gasteiger charge is 2.63. The number of methoxy groups -OCH3 is 1. The van der Waals surface area contributed by atoms with Gasteiger partial charge >= 0.3 is 12.1 Å². The lowest BCUT2D eigenvalue weighted by atomic mass is 9.64. The third-order valence-corrected chi connectivity index (χ3v) is 9.61. The summed E-state index contributed by atoms with van der Waals surface area (Å²) in [5.41, 5.74) is -0.392. The van der Waals surface area contributed by atoms with Gasteiger partial charge in [-0.25, -0.2) is 4.79 Å². The zero-order chi connectivity index (χ0) is 31.1. The van der Waals surface area contributed by atoms with Gasteiger partial charge in [-0.1, -0.05) is 52.9 Å². The highest BCUT2D eigenvalue weighted by molar-refractivity contribution is 5.93. The van der Waals surface area contributed by atoms with Crippen LogP contribution in [0.4, 0.5) is 4.79 Å². The molecule has 0 aromatic carbocycles. The van der Waals surface area contributed by atoms with Gasteiger partial charge in [0.05, 0.1) is 25.9 Å². The molecule has 10 heteroatoms. The molecule has 3 aliphatic heterocycles. The predicted octanol–water partition coefficient (Wildman–Crippen LogP) is 4.76. The van der Waals surface area contributed by atoms with Crippen LogP contribution >= 0.6 is 0 Å². The Hall–Kier alpha value is -2.62. The van der Waals surface area contributed by atoms with Crippen LogP contribution in [-0.4, -0.2) is 97.2 Å². The molecule has 2 saturated heterocycles. The fourth-order valence-electron chi connectivity index (χ4n) is 7.02. The normalized spacial score (nSPS) is 27.6. The predicted molar refractivity (Wildman–Crippen MR) is 162 cm³/mol. The third-order valence-electron chi connectivity index (χ3n) is 9.61. The first-order chi connectivity index (χ1) is 20.7. The molecule has 0 spiro atoms. The molecule has 0 unspecified atom stereocenters.